The van der Waals surface area contributed by atoms with Crippen LogP contribution >= 0.6 is 15.9 Å². The van der Waals surface area contributed by atoms with Crippen LogP contribution in [0.2, 0.25) is 0 Å². The lowest BCUT2D eigenvalue weighted by Gasteiger charge is -2.22. The van der Waals surface area contributed by atoms with Gasteiger partial charge < -0.3 is 0 Å². The molecule has 0 nitrogen and oxygen atoms in total. The maximum atomic E-state index is 13.4. The van der Waals surface area contributed by atoms with Gasteiger partial charge in [-0.3, -0.25) is 0 Å². The van der Waals surface area contributed by atoms with Crippen LogP contribution in [0, 0.1) is 17.0 Å². The van der Waals surface area contributed by atoms with Crippen molar-refractivity contribution in [1.82, 2.24) is 0 Å². The molecule has 0 spiro atoms. The summed E-state index contributed by atoms with van der Waals surface area (Å²) in [7, 11) is 0. The Labute approximate surface area is 104 Å². The molecule has 0 amide bonds. The second kappa shape index (κ2) is 5.26. The van der Waals surface area contributed by atoms with Crippen molar-refractivity contribution in [2.75, 3.05) is 0 Å². The van der Waals surface area contributed by atoms with Crippen LogP contribution in [-0.2, 0) is 6.42 Å². The first-order chi connectivity index (χ1) is 7.28. The van der Waals surface area contributed by atoms with E-state index in [0.717, 1.165) is 12.5 Å². The third kappa shape index (κ3) is 4.60. The number of benzene rings is 1. The molecule has 3 heteroatoms. The molecule has 1 atom stereocenters. The third-order valence-electron chi connectivity index (χ3n) is 2.29. The Morgan fingerprint density at radius 3 is 2.38 bits per heavy atom. The van der Waals surface area contributed by atoms with Crippen molar-refractivity contribution in [3.63, 3.8) is 0 Å². The highest BCUT2D eigenvalue weighted by Crippen LogP contribution is 2.27. The fraction of sp³-hybridized carbons (Fsp3) is 0.538. The summed E-state index contributed by atoms with van der Waals surface area (Å²) in [6.07, 6.45) is 1.53. The van der Waals surface area contributed by atoms with Crippen molar-refractivity contribution in [1.29, 1.82) is 0 Å². The second-order valence-corrected chi connectivity index (χ2v) is 6.60. The van der Waals surface area contributed by atoms with Crippen molar-refractivity contribution in [3.05, 3.63) is 35.4 Å². The molecule has 1 unspecified atom stereocenters. The summed E-state index contributed by atoms with van der Waals surface area (Å²) in [6, 6.07) is 3.75. The van der Waals surface area contributed by atoms with E-state index >= 15 is 0 Å². The van der Waals surface area contributed by atoms with Gasteiger partial charge in [-0.1, -0.05) is 42.8 Å². The Balaban J connectivity index is 2.66. The first kappa shape index (κ1) is 13.6. The van der Waals surface area contributed by atoms with Crippen LogP contribution in [0.5, 0.6) is 0 Å². The minimum Gasteiger partial charge on any atom is -0.207 e. The number of hydrogen-bond acceptors (Lipinski definition) is 0. The molecule has 0 bridgehead atoms. The zero-order valence-corrected chi connectivity index (χ0v) is 11.4. The molecule has 1 aromatic carbocycles. The molecule has 0 saturated heterocycles. The molecule has 1 rings (SSSR count). The van der Waals surface area contributed by atoms with Crippen LogP contribution in [0.25, 0.3) is 0 Å². The molecule has 0 radical (unpaired) electrons. The van der Waals surface area contributed by atoms with E-state index in [9.17, 15) is 8.78 Å². The van der Waals surface area contributed by atoms with E-state index in [4.69, 9.17) is 0 Å². The topological polar surface area (TPSA) is 0 Å². The van der Waals surface area contributed by atoms with Crippen LogP contribution in [-0.4, -0.2) is 4.83 Å². The molecule has 0 saturated carbocycles. The van der Waals surface area contributed by atoms with Gasteiger partial charge in [0, 0.05) is 10.9 Å². The van der Waals surface area contributed by atoms with Crippen molar-refractivity contribution in [3.8, 4) is 0 Å². The van der Waals surface area contributed by atoms with Gasteiger partial charge in [0.15, 0.2) is 0 Å². The average Bonchev–Trinajstić information content (AvgIpc) is 2.06. The lowest BCUT2D eigenvalue weighted by molar-refractivity contribution is 0.372. The SMILES string of the molecule is CC(C)(C)CC(Br)Cc1ccc(F)cc1F. The molecule has 0 aliphatic rings. The molecule has 16 heavy (non-hydrogen) atoms. The lowest BCUT2D eigenvalue weighted by Crippen LogP contribution is -2.15. The van der Waals surface area contributed by atoms with Crippen molar-refractivity contribution in [2.45, 2.75) is 38.4 Å². The highest BCUT2D eigenvalue weighted by Gasteiger charge is 2.18. The monoisotopic (exact) mass is 290 g/mol. The van der Waals surface area contributed by atoms with E-state index < -0.39 is 11.6 Å². The summed E-state index contributed by atoms with van der Waals surface area (Å²) in [4.78, 5) is 0.215. The zero-order chi connectivity index (χ0) is 12.3. The molecule has 1 aromatic rings. The molecule has 0 N–H and O–H groups in total. The average molecular weight is 291 g/mol. The van der Waals surface area contributed by atoms with Gasteiger partial charge >= 0.3 is 0 Å². The van der Waals surface area contributed by atoms with E-state index in [1.165, 1.54) is 12.1 Å². The van der Waals surface area contributed by atoms with Crippen molar-refractivity contribution in [2.24, 2.45) is 5.41 Å². The van der Waals surface area contributed by atoms with E-state index in [1.807, 2.05) is 0 Å². The van der Waals surface area contributed by atoms with Gasteiger partial charge in [0.1, 0.15) is 11.6 Å². The number of hydrogen-bond donors (Lipinski definition) is 0. The lowest BCUT2D eigenvalue weighted by atomic mass is 9.89. The van der Waals surface area contributed by atoms with Crippen LogP contribution in [0.4, 0.5) is 8.78 Å². The molecule has 0 aliphatic heterocycles. The van der Waals surface area contributed by atoms with Crippen LogP contribution in [0.1, 0.15) is 32.8 Å². The summed E-state index contributed by atoms with van der Waals surface area (Å²) >= 11 is 3.54. The van der Waals surface area contributed by atoms with E-state index in [-0.39, 0.29) is 10.2 Å². The van der Waals surface area contributed by atoms with E-state index in [1.54, 1.807) is 0 Å². The Kier molecular flexibility index (Phi) is 4.48. The standard InChI is InChI=1S/C13H17BrF2/c1-13(2,3)8-10(14)6-9-4-5-11(15)7-12(9)16/h4-5,7,10H,6,8H2,1-3H3. The molecular weight excluding hydrogens is 274 g/mol. The Hall–Kier alpha value is -0.440. The predicted molar refractivity (Wildman–Crippen MR) is 66.8 cm³/mol. The minimum absolute atomic E-state index is 0.199. The van der Waals surface area contributed by atoms with Gasteiger partial charge in [-0.15, -0.1) is 0 Å². The smallest absolute Gasteiger partial charge is 0.129 e. The van der Waals surface area contributed by atoms with E-state index in [2.05, 4.69) is 36.7 Å². The van der Waals surface area contributed by atoms with Gasteiger partial charge in [-0.05, 0) is 29.9 Å². The van der Waals surface area contributed by atoms with Gasteiger partial charge in [0.05, 0.1) is 0 Å². The maximum absolute atomic E-state index is 13.4. The summed E-state index contributed by atoms with van der Waals surface area (Å²) in [5.41, 5.74) is 0.762. The minimum atomic E-state index is -0.525. The van der Waals surface area contributed by atoms with Crippen LogP contribution in [0.15, 0.2) is 18.2 Å². The number of alkyl halides is 1. The Morgan fingerprint density at radius 1 is 1.25 bits per heavy atom. The molecule has 0 heterocycles. The number of halogens is 3. The van der Waals surface area contributed by atoms with Gasteiger partial charge in [-0.25, -0.2) is 8.78 Å². The highest BCUT2D eigenvalue weighted by molar-refractivity contribution is 9.09. The Morgan fingerprint density at radius 2 is 1.88 bits per heavy atom. The van der Waals surface area contributed by atoms with Crippen molar-refractivity contribution < 1.29 is 8.78 Å². The number of rotatable bonds is 3. The molecular formula is C13H17BrF2. The van der Waals surface area contributed by atoms with Crippen molar-refractivity contribution >= 4 is 15.9 Å². The predicted octanol–water partition coefficient (Wildman–Crippen LogP) is 4.71. The fourth-order valence-electron chi connectivity index (χ4n) is 1.66. The Bertz CT molecular complexity index is 355. The molecule has 90 valence electrons. The van der Waals surface area contributed by atoms with Crippen LogP contribution in [0.3, 0.4) is 0 Å². The molecule has 0 aromatic heterocycles. The summed E-state index contributed by atoms with van der Waals surface area (Å²) < 4.78 is 26.1. The molecule has 0 fully saturated rings. The summed E-state index contributed by atoms with van der Waals surface area (Å²) in [5, 5.41) is 0. The third-order valence-corrected chi connectivity index (χ3v) is 2.94. The normalized spacial score (nSPS) is 13.9. The quantitative estimate of drug-likeness (QED) is 0.708. The first-order valence-corrected chi connectivity index (χ1v) is 6.27. The summed E-state index contributed by atoms with van der Waals surface area (Å²) in [6.45, 7) is 6.42. The maximum Gasteiger partial charge on any atom is 0.129 e. The van der Waals surface area contributed by atoms with Gasteiger partial charge in [0.2, 0.25) is 0 Å². The van der Waals surface area contributed by atoms with E-state index in [0.29, 0.717) is 12.0 Å². The first-order valence-electron chi connectivity index (χ1n) is 5.36. The highest BCUT2D eigenvalue weighted by atomic mass is 79.9. The van der Waals surface area contributed by atoms with Crippen LogP contribution < -0.4 is 0 Å². The zero-order valence-electron chi connectivity index (χ0n) is 9.86. The molecule has 0 aliphatic carbocycles. The van der Waals surface area contributed by atoms with Gasteiger partial charge in [0.25, 0.3) is 0 Å². The fourth-order valence-corrected chi connectivity index (χ4v) is 2.98. The summed E-state index contributed by atoms with van der Waals surface area (Å²) in [5.74, 6) is -0.985. The van der Waals surface area contributed by atoms with Gasteiger partial charge in [-0.2, -0.15) is 0 Å². The largest absolute Gasteiger partial charge is 0.207 e. The second-order valence-electron chi connectivity index (χ2n) is 5.30.